The van der Waals surface area contributed by atoms with E-state index in [1.165, 1.54) is 29.2 Å². The monoisotopic (exact) mass is 439 g/mol. The van der Waals surface area contributed by atoms with Crippen molar-refractivity contribution in [3.05, 3.63) is 75.3 Å². The molecule has 1 aliphatic rings. The van der Waals surface area contributed by atoms with Crippen LogP contribution in [-0.4, -0.2) is 59.1 Å². The molecule has 0 saturated carbocycles. The van der Waals surface area contributed by atoms with E-state index in [4.69, 9.17) is 0 Å². The van der Waals surface area contributed by atoms with E-state index in [9.17, 15) is 28.5 Å². The lowest BCUT2D eigenvalue weighted by atomic mass is 10.1. The van der Waals surface area contributed by atoms with Gasteiger partial charge in [0.2, 0.25) is 0 Å². The van der Waals surface area contributed by atoms with E-state index in [0.717, 1.165) is 12.1 Å². The molecule has 0 aliphatic carbocycles. The number of ketones is 1. The first-order valence-electron chi connectivity index (χ1n) is 9.10. The summed E-state index contributed by atoms with van der Waals surface area (Å²) in [6.07, 6.45) is 0.0980. The SMILES string of the molecule is Cl.O=C(CCN1CCN(C(=O)c2c(F)cccc2F)CC1)c1ccccc1[N+](=O)[O-]. The average molecular weight is 440 g/mol. The molecule has 0 atom stereocenters. The Kier molecular flexibility index (Phi) is 7.96. The topological polar surface area (TPSA) is 83.8 Å². The van der Waals surface area contributed by atoms with Crippen LogP contribution in [0.5, 0.6) is 0 Å². The molecule has 1 fully saturated rings. The van der Waals surface area contributed by atoms with E-state index in [1.54, 1.807) is 6.07 Å². The van der Waals surface area contributed by atoms with Crippen molar-refractivity contribution in [2.24, 2.45) is 0 Å². The van der Waals surface area contributed by atoms with Crippen LogP contribution in [0.4, 0.5) is 14.5 Å². The number of Topliss-reactive ketones (excluding diaryl/α,β-unsaturated/α-hetero) is 1. The first-order chi connectivity index (χ1) is 13.9. The molecule has 0 bridgehead atoms. The predicted molar refractivity (Wildman–Crippen MR) is 108 cm³/mol. The Morgan fingerprint density at radius 1 is 0.967 bits per heavy atom. The highest BCUT2D eigenvalue weighted by molar-refractivity contribution is 5.99. The maximum Gasteiger partial charge on any atom is 0.280 e. The summed E-state index contributed by atoms with van der Waals surface area (Å²) in [6.45, 7) is 1.79. The molecule has 30 heavy (non-hydrogen) atoms. The number of rotatable bonds is 6. The van der Waals surface area contributed by atoms with Gasteiger partial charge in [-0.25, -0.2) is 8.78 Å². The normalized spacial score (nSPS) is 14.1. The highest BCUT2D eigenvalue weighted by Gasteiger charge is 2.27. The fraction of sp³-hybridized carbons (Fsp3) is 0.300. The zero-order valence-electron chi connectivity index (χ0n) is 15.9. The lowest BCUT2D eigenvalue weighted by Crippen LogP contribution is -2.49. The van der Waals surface area contributed by atoms with Gasteiger partial charge >= 0.3 is 0 Å². The minimum absolute atomic E-state index is 0. The number of halogens is 3. The van der Waals surface area contributed by atoms with Crippen LogP contribution < -0.4 is 0 Å². The first kappa shape index (κ1) is 23.4. The van der Waals surface area contributed by atoms with Crippen LogP contribution in [0, 0.1) is 21.7 Å². The highest BCUT2D eigenvalue weighted by Crippen LogP contribution is 2.20. The first-order valence-corrected chi connectivity index (χ1v) is 9.10. The Labute approximate surface area is 177 Å². The van der Waals surface area contributed by atoms with Gasteiger partial charge < -0.3 is 4.90 Å². The Morgan fingerprint density at radius 2 is 1.57 bits per heavy atom. The predicted octanol–water partition coefficient (Wildman–Crippen LogP) is 3.33. The van der Waals surface area contributed by atoms with E-state index in [-0.39, 0.29) is 49.0 Å². The van der Waals surface area contributed by atoms with E-state index in [1.807, 2.05) is 4.90 Å². The zero-order valence-corrected chi connectivity index (χ0v) is 16.7. The van der Waals surface area contributed by atoms with Crippen molar-refractivity contribution in [2.75, 3.05) is 32.7 Å². The van der Waals surface area contributed by atoms with Gasteiger partial charge in [-0.3, -0.25) is 24.6 Å². The third-order valence-electron chi connectivity index (χ3n) is 4.89. The quantitative estimate of drug-likeness (QED) is 0.391. The molecule has 7 nitrogen and oxygen atoms in total. The van der Waals surface area contributed by atoms with Gasteiger partial charge in [0, 0.05) is 45.2 Å². The lowest BCUT2D eigenvalue weighted by molar-refractivity contribution is -0.385. The summed E-state index contributed by atoms with van der Waals surface area (Å²) in [5.41, 5.74) is -0.714. The number of para-hydroxylation sites is 1. The van der Waals surface area contributed by atoms with E-state index in [0.29, 0.717) is 19.6 Å². The van der Waals surface area contributed by atoms with Crippen molar-refractivity contribution >= 4 is 29.8 Å². The summed E-state index contributed by atoms with van der Waals surface area (Å²) in [5.74, 6) is -2.82. The second kappa shape index (κ2) is 10.2. The fourth-order valence-corrected chi connectivity index (χ4v) is 3.30. The molecule has 160 valence electrons. The molecule has 1 aliphatic heterocycles. The van der Waals surface area contributed by atoms with Crippen LogP contribution in [0.3, 0.4) is 0 Å². The van der Waals surface area contributed by atoms with Gasteiger partial charge in [0.1, 0.15) is 17.2 Å². The van der Waals surface area contributed by atoms with Crippen molar-refractivity contribution in [2.45, 2.75) is 6.42 Å². The average Bonchev–Trinajstić information content (AvgIpc) is 2.72. The molecule has 0 aromatic heterocycles. The van der Waals surface area contributed by atoms with Crippen molar-refractivity contribution in [1.29, 1.82) is 0 Å². The van der Waals surface area contributed by atoms with E-state index >= 15 is 0 Å². The minimum atomic E-state index is -0.896. The number of carbonyl (C=O) groups is 2. The second-order valence-corrected chi connectivity index (χ2v) is 6.68. The summed E-state index contributed by atoms with van der Waals surface area (Å²) >= 11 is 0. The van der Waals surface area contributed by atoms with Crippen molar-refractivity contribution < 1.29 is 23.3 Å². The molecule has 0 radical (unpaired) electrons. The summed E-state index contributed by atoms with van der Waals surface area (Å²) in [5, 5.41) is 11.0. The van der Waals surface area contributed by atoms with Crippen LogP contribution in [0.25, 0.3) is 0 Å². The van der Waals surface area contributed by atoms with E-state index in [2.05, 4.69) is 0 Å². The standard InChI is InChI=1S/C20H19F2N3O4.ClH/c21-15-5-3-6-16(22)19(15)20(27)24-12-10-23(11-13-24)9-8-18(26)14-4-1-2-7-17(14)25(28)29;/h1-7H,8-13H2;1H. The molecule has 0 spiro atoms. The third-order valence-corrected chi connectivity index (χ3v) is 4.89. The van der Waals surface area contributed by atoms with Crippen LogP contribution in [0.2, 0.25) is 0 Å². The maximum absolute atomic E-state index is 13.8. The molecule has 0 N–H and O–H groups in total. The molecule has 1 heterocycles. The molecular weight excluding hydrogens is 420 g/mol. The Bertz CT molecular complexity index is 929. The number of hydrogen-bond acceptors (Lipinski definition) is 5. The summed E-state index contributed by atoms with van der Waals surface area (Å²) in [6, 6.07) is 9.09. The zero-order chi connectivity index (χ0) is 21.0. The van der Waals surface area contributed by atoms with Crippen LogP contribution >= 0.6 is 12.4 Å². The summed E-state index contributed by atoms with van der Waals surface area (Å²) < 4.78 is 27.6. The molecule has 10 heteroatoms. The molecule has 0 unspecified atom stereocenters. The Balaban J connectivity index is 0.00000320. The van der Waals surface area contributed by atoms with Gasteiger partial charge in [-0.1, -0.05) is 18.2 Å². The summed E-state index contributed by atoms with van der Waals surface area (Å²) in [7, 11) is 0. The lowest BCUT2D eigenvalue weighted by Gasteiger charge is -2.34. The number of piperazine rings is 1. The molecule has 2 aromatic carbocycles. The number of nitro benzene ring substituents is 1. The summed E-state index contributed by atoms with van der Waals surface area (Å²) in [4.78, 5) is 38.6. The van der Waals surface area contributed by atoms with Crippen LogP contribution in [0.15, 0.2) is 42.5 Å². The van der Waals surface area contributed by atoms with E-state index < -0.39 is 28.0 Å². The molecule has 1 saturated heterocycles. The van der Waals surface area contributed by atoms with Gasteiger partial charge in [-0.2, -0.15) is 0 Å². The Hall–Kier alpha value is -2.91. The fourth-order valence-electron chi connectivity index (χ4n) is 3.30. The number of nitro groups is 1. The molecular formula is C20H20ClF2N3O4. The highest BCUT2D eigenvalue weighted by atomic mass is 35.5. The van der Waals surface area contributed by atoms with Crippen molar-refractivity contribution in [3.63, 3.8) is 0 Å². The third kappa shape index (κ3) is 5.17. The van der Waals surface area contributed by atoms with Gasteiger partial charge in [-0.15, -0.1) is 12.4 Å². The van der Waals surface area contributed by atoms with Crippen LogP contribution in [-0.2, 0) is 0 Å². The number of nitrogens with zero attached hydrogens (tertiary/aromatic N) is 3. The molecule has 2 aromatic rings. The Morgan fingerprint density at radius 3 is 2.17 bits per heavy atom. The maximum atomic E-state index is 13.8. The van der Waals surface area contributed by atoms with Crippen molar-refractivity contribution in [1.82, 2.24) is 9.80 Å². The largest absolute Gasteiger partial charge is 0.336 e. The number of benzene rings is 2. The van der Waals surface area contributed by atoms with Gasteiger partial charge in [0.25, 0.3) is 11.6 Å². The number of hydrogen-bond donors (Lipinski definition) is 0. The smallest absolute Gasteiger partial charge is 0.280 e. The molecule has 3 rings (SSSR count). The van der Waals surface area contributed by atoms with Crippen LogP contribution in [0.1, 0.15) is 27.1 Å². The van der Waals surface area contributed by atoms with Gasteiger partial charge in [-0.05, 0) is 18.2 Å². The second-order valence-electron chi connectivity index (χ2n) is 6.68. The minimum Gasteiger partial charge on any atom is -0.336 e. The van der Waals surface area contributed by atoms with Gasteiger partial charge in [0.05, 0.1) is 10.5 Å². The van der Waals surface area contributed by atoms with Crippen molar-refractivity contribution in [3.8, 4) is 0 Å². The number of amides is 1. The number of carbonyl (C=O) groups excluding carboxylic acids is 2. The van der Waals surface area contributed by atoms with Gasteiger partial charge in [0.15, 0.2) is 5.78 Å². The molecule has 1 amide bonds.